The topological polar surface area (TPSA) is 65.4 Å². The van der Waals surface area contributed by atoms with Crippen LogP contribution in [0.2, 0.25) is 5.02 Å². The summed E-state index contributed by atoms with van der Waals surface area (Å²) < 4.78 is 12.6. The van der Waals surface area contributed by atoms with Gasteiger partial charge in [0, 0.05) is 34.6 Å². The fraction of sp³-hybridized carbons (Fsp3) is 0.238. The van der Waals surface area contributed by atoms with Crippen molar-refractivity contribution in [3.63, 3.8) is 0 Å². The van der Waals surface area contributed by atoms with Crippen LogP contribution >= 0.6 is 11.6 Å². The molecule has 4 rings (SSSR count). The molecule has 3 aromatic rings. The minimum atomic E-state index is -0.136. The van der Waals surface area contributed by atoms with Gasteiger partial charge in [-0.2, -0.15) is 5.10 Å². The quantitative estimate of drug-likeness (QED) is 0.704. The molecule has 0 saturated carbocycles. The molecule has 1 atom stereocenters. The molecule has 7 heteroatoms. The number of hydrogen-bond acceptors (Lipinski definition) is 4. The minimum Gasteiger partial charge on any atom is -0.497 e. The van der Waals surface area contributed by atoms with Crippen molar-refractivity contribution in [3.8, 4) is 11.5 Å². The number of carbonyl (C=O) groups excluding carboxylic acids is 1. The van der Waals surface area contributed by atoms with Gasteiger partial charge in [0.15, 0.2) is 0 Å². The van der Waals surface area contributed by atoms with Crippen LogP contribution in [0.4, 0.5) is 5.82 Å². The standard InChI is InChI=1S/C21H20ClN3O3/c1-27-15-7-8-16(19(9-15)28-2)17-10-20(26)24-21-18(17)11-23-25(21)12-13-3-5-14(22)6-4-13/h3-9,11,17H,10,12H2,1-2H3,(H,24,26). The van der Waals surface area contributed by atoms with Crippen LogP contribution in [0, 0.1) is 0 Å². The van der Waals surface area contributed by atoms with Crippen LogP contribution in [0.25, 0.3) is 0 Å². The molecule has 1 aromatic heterocycles. The fourth-order valence-corrected chi connectivity index (χ4v) is 3.66. The molecule has 0 aliphatic carbocycles. The summed E-state index contributed by atoms with van der Waals surface area (Å²) in [5.74, 6) is 1.93. The van der Waals surface area contributed by atoms with Crippen LogP contribution in [0.5, 0.6) is 11.5 Å². The van der Waals surface area contributed by atoms with E-state index in [1.54, 1.807) is 18.9 Å². The van der Waals surface area contributed by atoms with Gasteiger partial charge in [0.1, 0.15) is 17.3 Å². The molecule has 2 aromatic carbocycles. The van der Waals surface area contributed by atoms with Crippen LogP contribution in [0.15, 0.2) is 48.7 Å². The highest BCUT2D eigenvalue weighted by Crippen LogP contribution is 2.41. The van der Waals surface area contributed by atoms with Gasteiger partial charge in [-0.15, -0.1) is 0 Å². The van der Waals surface area contributed by atoms with E-state index in [0.29, 0.717) is 35.3 Å². The molecule has 144 valence electrons. The summed E-state index contributed by atoms with van der Waals surface area (Å²) in [6.45, 7) is 0.541. The van der Waals surface area contributed by atoms with Crippen molar-refractivity contribution in [1.82, 2.24) is 9.78 Å². The smallest absolute Gasteiger partial charge is 0.226 e. The Balaban J connectivity index is 1.71. The lowest BCUT2D eigenvalue weighted by atomic mass is 9.86. The van der Waals surface area contributed by atoms with Crippen LogP contribution in [0.1, 0.15) is 29.0 Å². The number of hydrogen-bond donors (Lipinski definition) is 1. The molecule has 0 saturated heterocycles. The van der Waals surface area contributed by atoms with Gasteiger partial charge < -0.3 is 14.8 Å². The summed E-state index contributed by atoms with van der Waals surface area (Å²) in [4.78, 5) is 12.4. The van der Waals surface area contributed by atoms with Gasteiger partial charge in [0.25, 0.3) is 0 Å². The van der Waals surface area contributed by atoms with Crippen molar-refractivity contribution >= 4 is 23.3 Å². The average Bonchev–Trinajstić information content (AvgIpc) is 3.11. The van der Waals surface area contributed by atoms with E-state index < -0.39 is 0 Å². The molecule has 2 heterocycles. The molecule has 6 nitrogen and oxygen atoms in total. The number of ether oxygens (including phenoxy) is 2. The van der Waals surface area contributed by atoms with E-state index in [9.17, 15) is 4.79 Å². The summed E-state index contributed by atoms with van der Waals surface area (Å²) >= 11 is 5.96. The zero-order chi connectivity index (χ0) is 19.7. The van der Waals surface area contributed by atoms with Crippen molar-refractivity contribution in [3.05, 3.63) is 70.4 Å². The molecule has 0 fully saturated rings. The normalized spacial score (nSPS) is 15.7. The molecule has 28 heavy (non-hydrogen) atoms. The lowest BCUT2D eigenvalue weighted by molar-refractivity contribution is -0.116. The molecule has 1 unspecified atom stereocenters. The Kier molecular flexibility index (Phi) is 4.96. The molecule has 0 radical (unpaired) electrons. The Morgan fingerprint density at radius 3 is 2.64 bits per heavy atom. The van der Waals surface area contributed by atoms with Gasteiger partial charge >= 0.3 is 0 Å². The fourth-order valence-electron chi connectivity index (χ4n) is 3.54. The van der Waals surface area contributed by atoms with Crippen LogP contribution in [-0.2, 0) is 11.3 Å². The third-order valence-corrected chi connectivity index (χ3v) is 5.20. The van der Waals surface area contributed by atoms with Crippen LogP contribution < -0.4 is 14.8 Å². The highest BCUT2D eigenvalue weighted by Gasteiger charge is 2.31. The van der Waals surface area contributed by atoms with Gasteiger partial charge in [0.05, 0.1) is 27.0 Å². The SMILES string of the molecule is COc1ccc(C2CC(=O)Nc3c2cnn3Cc2ccc(Cl)cc2)c(OC)c1. The first-order valence-electron chi connectivity index (χ1n) is 8.91. The van der Waals surface area contributed by atoms with Crippen molar-refractivity contribution in [2.24, 2.45) is 0 Å². The summed E-state index contributed by atoms with van der Waals surface area (Å²) in [7, 11) is 3.23. The van der Waals surface area contributed by atoms with E-state index in [0.717, 1.165) is 16.7 Å². The van der Waals surface area contributed by atoms with E-state index in [1.807, 2.05) is 48.7 Å². The number of rotatable bonds is 5. The Hall–Kier alpha value is -2.99. The lowest BCUT2D eigenvalue weighted by Crippen LogP contribution is -2.25. The Morgan fingerprint density at radius 1 is 1.14 bits per heavy atom. The maximum atomic E-state index is 12.4. The van der Waals surface area contributed by atoms with Gasteiger partial charge in [-0.1, -0.05) is 29.8 Å². The van der Waals surface area contributed by atoms with Gasteiger partial charge in [-0.05, 0) is 23.8 Å². The number of benzene rings is 2. The summed E-state index contributed by atoms with van der Waals surface area (Å²) in [5.41, 5.74) is 2.95. The van der Waals surface area contributed by atoms with Crippen LogP contribution in [-0.4, -0.2) is 29.9 Å². The number of nitrogens with one attached hydrogen (secondary N) is 1. The first-order valence-corrected chi connectivity index (χ1v) is 9.28. The predicted molar refractivity (Wildman–Crippen MR) is 107 cm³/mol. The van der Waals surface area contributed by atoms with E-state index in [2.05, 4.69) is 10.4 Å². The van der Waals surface area contributed by atoms with Crippen molar-refractivity contribution in [2.45, 2.75) is 18.9 Å². The number of aromatic nitrogens is 2. The average molecular weight is 398 g/mol. The predicted octanol–water partition coefficient (Wildman–Crippen LogP) is 4.08. The maximum absolute atomic E-state index is 12.4. The molecule has 0 spiro atoms. The number of carbonyl (C=O) groups is 1. The first-order chi connectivity index (χ1) is 13.6. The monoisotopic (exact) mass is 397 g/mol. The zero-order valence-corrected chi connectivity index (χ0v) is 16.4. The summed E-state index contributed by atoms with van der Waals surface area (Å²) in [6.07, 6.45) is 2.15. The minimum absolute atomic E-state index is 0.0479. The number of anilines is 1. The number of nitrogens with zero attached hydrogens (tertiary/aromatic N) is 2. The Labute approximate surface area is 168 Å². The van der Waals surface area contributed by atoms with Crippen molar-refractivity contribution in [1.29, 1.82) is 0 Å². The highest BCUT2D eigenvalue weighted by atomic mass is 35.5. The zero-order valence-electron chi connectivity index (χ0n) is 15.6. The number of methoxy groups -OCH3 is 2. The molecule has 1 N–H and O–H groups in total. The van der Waals surface area contributed by atoms with Gasteiger partial charge in [-0.3, -0.25) is 4.79 Å². The number of halogens is 1. The molecule has 0 bridgehead atoms. The van der Waals surface area contributed by atoms with E-state index in [1.165, 1.54) is 0 Å². The maximum Gasteiger partial charge on any atom is 0.226 e. The van der Waals surface area contributed by atoms with E-state index in [4.69, 9.17) is 21.1 Å². The molecular formula is C21H20ClN3O3. The van der Waals surface area contributed by atoms with E-state index >= 15 is 0 Å². The van der Waals surface area contributed by atoms with Crippen molar-refractivity contribution in [2.75, 3.05) is 19.5 Å². The number of fused-ring (bicyclic) bond motifs is 1. The summed E-state index contributed by atoms with van der Waals surface area (Å²) in [6, 6.07) is 13.2. The molecule has 1 aliphatic heterocycles. The molecule has 1 amide bonds. The molecular weight excluding hydrogens is 378 g/mol. The third kappa shape index (κ3) is 3.43. The van der Waals surface area contributed by atoms with E-state index in [-0.39, 0.29) is 11.8 Å². The second-order valence-corrected chi connectivity index (χ2v) is 7.08. The Morgan fingerprint density at radius 2 is 1.93 bits per heavy atom. The van der Waals surface area contributed by atoms with Crippen LogP contribution in [0.3, 0.4) is 0 Å². The number of amides is 1. The third-order valence-electron chi connectivity index (χ3n) is 4.95. The Bertz CT molecular complexity index is 1010. The summed E-state index contributed by atoms with van der Waals surface area (Å²) in [5, 5.41) is 8.17. The van der Waals surface area contributed by atoms with Crippen molar-refractivity contribution < 1.29 is 14.3 Å². The van der Waals surface area contributed by atoms with Gasteiger partial charge in [0.2, 0.25) is 5.91 Å². The molecule has 1 aliphatic rings. The highest BCUT2D eigenvalue weighted by molar-refractivity contribution is 6.30. The largest absolute Gasteiger partial charge is 0.497 e. The first kappa shape index (κ1) is 18.4. The second-order valence-electron chi connectivity index (χ2n) is 6.65. The second kappa shape index (κ2) is 7.56. The van der Waals surface area contributed by atoms with Gasteiger partial charge in [-0.25, -0.2) is 4.68 Å². The lowest BCUT2D eigenvalue weighted by Gasteiger charge is -2.25.